The fraction of sp³-hybridized carbons (Fsp3) is 0.143. The number of anilines is 1. The number of rotatable bonds is 3. The molecule has 2 rings (SSSR count). The SMILES string of the molecule is C[C@@H](NC(=O)c1ccc(N)cn1)c1cccc(Cl)c1. The molecule has 5 heteroatoms. The Kier molecular flexibility index (Phi) is 4.02. The number of benzene rings is 1. The summed E-state index contributed by atoms with van der Waals surface area (Å²) in [5.41, 5.74) is 7.33. The number of nitrogen functional groups attached to an aromatic ring is 1. The predicted octanol–water partition coefficient (Wildman–Crippen LogP) is 2.81. The highest BCUT2D eigenvalue weighted by Crippen LogP contribution is 2.17. The number of nitrogens with one attached hydrogen (secondary N) is 1. The third-order valence-electron chi connectivity index (χ3n) is 2.72. The molecule has 0 radical (unpaired) electrons. The molecule has 0 aliphatic heterocycles. The van der Waals surface area contributed by atoms with Crippen molar-refractivity contribution < 1.29 is 4.79 Å². The molecule has 0 unspecified atom stereocenters. The molecule has 1 amide bonds. The second kappa shape index (κ2) is 5.71. The van der Waals surface area contributed by atoms with Crippen molar-refractivity contribution in [3.8, 4) is 0 Å². The highest BCUT2D eigenvalue weighted by atomic mass is 35.5. The first kappa shape index (κ1) is 13.4. The van der Waals surface area contributed by atoms with E-state index in [0.29, 0.717) is 16.4 Å². The van der Waals surface area contributed by atoms with Crippen LogP contribution < -0.4 is 11.1 Å². The number of aromatic nitrogens is 1. The van der Waals surface area contributed by atoms with Gasteiger partial charge in [0, 0.05) is 5.02 Å². The standard InChI is InChI=1S/C14H14ClN3O/c1-9(10-3-2-4-11(15)7-10)18-14(19)13-6-5-12(16)8-17-13/h2-9H,16H2,1H3,(H,18,19)/t9-/m1/s1. The molecular formula is C14H14ClN3O. The van der Waals surface area contributed by atoms with Gasteiger partial charge in [-0.15, -0.1) is 0 Å². The number of hydrogen-bond acceptors (Lipinski definition) is 3. The monoisotopic (exact) mass is 275 g/mol. The highest BCUT2D eigenvalue weighted by Gasteiger charge is 2.12. The molecule has 0 aliphatic carbocycles. The summed E-state index contributed by atoms with van der Waals surface area (Å²) >= 11 is 5.92. The van der Waals surface area contributed by atoms with E-state index in [1.54, 1.807) is 18.2 Å². The van der Waals surface area contributed by atoms with Gasteiger partial charge in [-0.1, -0.05) is 23.7 Å². The van der Waals surface area contributed by atoms with Gasteiger partial charge in [0.05, 0.1) is 17.9 Å². The highest BCUT2D eigenvalue weighted by molar-refractivity contribution is 6.30. The summed E-state index contributed by atoms with van der Waals surface area (Å²) in [5, 5.41) is 3.50. The molecule has 2 aromatic rings. The minimum Gasteiger partial charge on any atom is -0.397 e. The quantitative estimate of drug-likeness (QED) is 0.905. The molecule has 3 N–H and O–H groups in total. The average molecular weight is 276 g/mol. The Bertz CT molecular complexity index is 583. The van der Waals surface area contributed by atoms with Gasteiger partial charge in [-0.3, -0.25) is 4.79 Å². The van der Waals surface area contributed by atoms with E-state index in [0.717, 1.165) is 5.56 Å². The number of carbonyl (C=O) groups is 1. The van der Waals surface area contributed by atoms with Gasteiger partial charge >= 0.3 is 0 Å². The van der Waals surface area contributed by atoms with Crippen molar-refractivity contribution in [1.82, 2.24) is 10.3 Å². The Hall–Kier alpha value is -2.07. The van der Waals surface area contributed by atoms with Crippen LogP contribution in [0, 0.1) is 0 Å². The number of carbonyl (C=O) groups excluding carboxylic acids is 1. The van der Waals surface area contributed by atoms with Gasteiger partial charge in [0.2, 0.25) is 0 Å². The van der Waals surface area contributed by atoms with E-state index in [1.807, 2.05) is 25.1 Å². The Morgan fingerprint density at radius 1 is 1.37 bits per heavy atom. The van der Waals surface area contributed by atoms with E-state index in [4.69, 9.17) is 17.3 Å². The Morgan fingerprint density at radius 3 is 2.79 bits per heavy atom. The maximum Gasteiger partial charge on any atom is 0.270 e. The largest absolute Gasteiger partial charge is 0.397 e. The number of halogens is 1. The first-order valence-corrected chi connectivity index (χ1v) is 6.22. The summed E-state index contributed by atoms with van der Waals surface area (Å²) in [6, 6.07) is 10.5. The van der Waals surface area contributed by atoms with Gasteiger partial charge in [0.15, 0.2) is 0 Å². The van der Waals surface area contributed by atoms with E-state index in [2.05, 4.69) is 10.3 Å². The second-order valence-corrected chi connectivity index (χ2v) is 4.66. The van der Waals surface area contributed by atoms with E-state index < -0.39 is 0 Å². The lowest BCUT2D eigenvalue weighted by atomic mass is 10.1. The first-order chi connectivity index (χ1) is 9.06. The molecule has 1 heterocycles. The van der Waals surface area contributed by atoms with Gasteiger partial charge in [-0.2, -0.15) is 0 Å². The molecular weight excluding hydrogens is 262 g/mol. The van der Waals surface area contributed by atoms with E-state index in [-0.39, 0.29) is 11.9 Å². The second-order valence-electron chi connectivity index (χ2n) is 4.23. The van der Waals surface area contributed by atoms with Gasteiger partial charge in [-0.05, 0) is 36.8 Å². The number of pyridine rings is 1. The van der Waals surface area contributed by atoms with Crippen molar-refractivity contribution >= 4 is 23.2 Å². The lowest BCUT2D eigenvalue weighted by molar-refractivity contribution is 0.0935. The van der Waals surface area contributed by atoms with Gasteiger partial charge in [-0.25, -0.2) is 4.98 Å². The number of amides is 1. The molecule has 0 bridgehead atoms. The van der Waals surface area contributed by atoms with Gasteiger partial charge in [0.1, 0.15) is 5.69 Å². The zero-order chi connectivity index (χ0) is 13.8. The molecule has 1 atom stereocenters. The van der Waals surface area contributed by atoms with Crippen molar-refractivity contribution in [1.29, 1.82) is 0 Å². The molecule has 19 heavy (non-hydrogen) atoms. The summed E-state index contributed by atoms with van der Waals surface area (Å²) in [6.45, 7) is 1.89. The van der Waals surface area contributed by atoms with E-state index >= 15 is 0 Å². The summed E-state index contributed by atoms with van der Waals surface area (Å²) < 4.78 is 0. The molecule has 1 aromatic heterocycles. The smallest absolute Gasteiger partial charge is 0.270 e. The molecule has 0 fully saturated rings. The average Bonchev–Trinajstić information content (AvgIpc) is 2.39. The Morgan fingerprint density at radius 2 is 2.16 bits per heavy atom. The van der Waals surface area contributed by atoms with Crippen LogP contribution in [0.5, 0.6) is 0 Å². The summed E-state index contributed by atoms with van der Waals surface area (Å²) in [5.74, 6) is -0.243. The van der Waals surface area contributed by atoms with Crippen LogP contribution in [0.1, 0.15) is 29.0 Å². The Labute approximate surface area is 116 Å². The summed E-state index contributed by atoms with van der Waals surface area (Å²) in [7, 11) is 0. The molecule has 0 saturated heterocycles. The molecule has 0 saturated carbocycles. The molecule has 0 spiro atoms. The topological polar surface area (TPSA) is 68.0 Å². The zero-order valence-corrected chi connectivity index (χ0v) is 11.2. The van der Waals surface area contributed by atoms with E-state index in [9.17, 15) is 4.79 Å². The maximum absolute atomic E-state index is 12.0. The van der Waals surface area contributed by atoms with Crippen LogP contribution in [-0.4, -0.2) is 10.9 Å². The van der Waals surface area contributed by atoms with Crippen LogP contribution in [0.3, 0.4) is 0 Å². The molecule has 4 nitrogen and oxygen atoms in total. The van der Waals surface area contributed by atoms with Gasteiger partial charge in [0.25, 0.3) is 5.91 Å². The molecule has 1 aromatic carbocycles. The van der Waals surface area contributed by atoms with Crippen molar-refractivity contribution in [2.75, 3.05) is 5.73 Å². The number of hydrogen-bond donors (Lipinski definition) is 2. The van der Waals surface area contributed by atoms with Crippen LogP contribution >= 0.6 is 11.6 Å². The number of nitrogens with two attached hydrogens (primary N) is 1. The number of nitrogens with zero attached hydrogens (tertiary/aromatic N) is 1. The van der Waals surface area contributed by atoms with Crippen molar-refractivity contribution in [3.63, 3.8) is 0 Å². The minimum atomic E-state index is -0.243. The van der Waals surface area contributed by atoms with Crippen molar-refractivity contribution in [2.45, 2.75) is 13.0 Å². The predicted molar refractivity (Wildman–Crippen MR) is 76.0 cm³/mol. The van der Waals surface area contributed by atoms with Crippen LogP contribution in [-0.2, 0) is 0 Å². The normalized spacial score (nSPS) is 11.9. The molecule has 0 aliphatic rings. The first-order valence-electron chi connectivity index (χ1n) is 5.84. The summed E-state index contributed by atoms with van der Waals surface area (Å²) in [6.07, 6.45) is 1.46. The lowest BCUT2D eigenvalue weighted by Gasteiger charge is -2.14. The lowest BCUT2D eigenvalue weighted by Crippen LogP contribution is -2.27. The third-order valence-corrected chi connectivity index (χ3v) is 2.95. The van der Waals surface area contributed by atoms with Crippen molar-refractivity contribution in [3.05, 3.63) is 58.9 Å². The van der Waals surface area contributed by atoms with Crippen molar-refractivity contribution in [2.24, 2.45) is 0 Å². The van der Waals surface area contributed by atoms with Crippen LogP contribution in [0.15, 0.2) is 42.6 Å². The van der Waals surface area contributed by atoms with Crippen LogP contribution in [0.25, 0.3) is 0 Å². The zero-order valence-electron chi connectivity index (χ0n) is 10.4. The summed E-state index contributed by atoms with van der Waals surface area (Å²) in [4.78, 5) is 16.0. The fourth-order valence-electron chi connectivity index (χ4n) is 1.67. The van der Waals surface area contributed by atoms with Crippen LogP contribution in [0.2, 0.25) is 5.02 Å². The third kappa shape index (κ3) is 3.45. The Balaban J connectivity index is 2.08. The minimum absolute atomic E-state index is 0.148. The molecule has 98 valence electrons. The van der Waals surface area contributed by atoms with Gasteiger partial charge < -0.3 is 11.1 Å². The van der Waals surface area contributed by atoms with Crippen LogP contribution in [0.4, 0.5) is 5.69 Å². The van der Waals surface area contributed by atoms with E-state index in [1.165, 1.54) is 6.20 Å². The fourth-order valence-corrected chi connectivity index (χ4v) is 1.87. The maximum atomic E-state index is 12.0.